The second kappa shape index (κ2) is 12.9. The van der Waals surface area contributed by atoms with Gasteiger partial charge in [-0.05, 0) is 50.3 Å². The van der Waals surface area contributed by atoms with E-state index < -0.39 is 11.8 Å². The Bertz CT molecular complexity index is 1280. The van der Waals surface area contributed by atoms with Gasteiger partial charge in [0.25, 0.3) is 0 Å². The van der Waals surface area contributed by atoms with Crippen LogP contribution in [0.25, 0.3) is 10.9 Å². The zero-order valence-electron chi connectivity index (χ0n) is 22.8. The van der Waals surface area contributed by atoms with E-state index in [1.807, 2.05) is 36.5 Å². The highest BCUT2D eigenvalue weighted by Crippen LogP contribution is 2.31. The van der Waals surface area contributed by atoms with E-state index in [9.17, 15) is 9.59 Å². The van der Waals surface area contributed by atoms with Gasteiger partial charge in [-0.15, -0.1) is 0 Å². The number of aromatic nitrogens is 1. The summed E-state index contributed by atoms with van der Waals surface area (Å²) < 4.78 is 22.8. The maximum Gasteiger partial charge on any atom is 0.325 e. The summed E-state index contributed by atoms with van der Waals surface area (Å²) in [5, 5.41) is 3.73. The molecule has 38 heavy (non-hydrogen) atoms. The summed E-state index contributed by atoms with van der Waals surface area (Å²) in [5.41, 5.74) is 2.20. The summed E-state index contributed by atoms with van der Waals surface area (Å²) in [5.74, 6) is -0.830. The molecule has 0 unspecified atom stereocenters. The van der Waals surface area contributed by atoms with Gasteiger partial charge in [0.1, 0.15) is 18.0 Å². The van der Waals surface area contributed by atoms with Gasteiger partial charge in [0, 0.05) is 24.8 Å². The predicted molar refractivity (Wildman–Crippen MR) is 152 cm³/mol. The lowest BCUT2D eigenvalue weighted by Gasteiger charge is -2.28. The summed E-state index contributed by atoms with van der Waals surface area (Å²) in [6, 6.07) is 13.2. The first kappa shape index (κ1) is 27.7. The Morgan fingerprint density at radius 1 is 1.11 bits per heavy atom. The molecule has 0 radical (unpaired) electrons. The summed E-state index contributed by atoms with van der Waals surface area (Å²) in [6.07, 6.45) is 9.13. The van der Waals surface area contributed by atoms with Gasteiger partial charge in [-0.2, -0.15) is 0 Å². The minimum absolute atomic E-state index is 0.0732. The van der Waals surface area contributed by atoms with E-state index in [-0.39, 0.29) is 30.7 Å². The Labute approximate surface area is 224 Å². The van der Waals surface area contributed by atoms with E-state index >= 15 is 4.39 Å². The van der Waals surface area contributed by atoms with Gasteiger partial charge in [0.05, 0.1) is 23.2 Å². The van der Waals surface area contributed by atoms with Crippen LogP contribution in [0.15, 0.2) is 53.5 Å². The van der Waals surface area contributed by atoms with Crippen molar-refractivity contribution in [2.75, 3.05) is 23.4 Å². The van der Waals surface area contributed by atoms with E-state index in [2.05, 4.69) is 23.7 Å². The lowest BCUT2D eigenvalue weighted by molar-refractivity contribution is -0.141. The number of halogens is 1. The first-order valence-electron chi connectivity index (χ1n) is 14.0. The maximum absolute atomic E-state index is 15.4. The van der Waals surface area contributed by atoms with Crippen LogP contribution in [0.3, 0.4) is 0 Å². The van der Waals surface area contributed by atoms with Gasteiger partial charge >= 0.3 is 5.97 Å². The van der Waals surface area contributed by atoms with E-state index in [0.717, 1.165) is 44.1 Å². The van der Waals surface area contributed by atoms with Crippen molar-refractivity contribution in [2.24, 2.45) is 0 Å². The van der Waals surface area contributed by atoms with Crippen LogP contribution in [0, 0.1) is 5.82 Å². The van der Waals surface area contributed by atoms with E-state index in [1.54, 1.807) is 17.9 Å². The highest BCUT2D eigenvalue weighted by atomic mass is 19.1. The average Bonchev–Trinajstić information content (AvgIpc) is 2.92. The maximum atomic E-state index is 15.4. The third kappa shape index (κ3) is 6.37. The van der Waals surface area contributed by atoms with E-state index in [4.69, 9.17) is 4.74 Å². The molecule has 0 amide bonds. The van der Waals surface area contributed by atoms with Crippen molar-refractivity contribution in [3.05, 3.63) is 70.3 Å². The van der Waals surface area contributed by atoms with E-state index in [1.165, 1.54) is 12.5 Å². The van der Waals surface area contributed by atoms with Crippen molar-refractivity contribution < 1.29 is 13.9 Å². The molecule has 3 aromatic rings. The van der Waals surface area contributed by atoms with Crippen LogP contribution >= 0.6 is 0 Å². The summed E-state index contributed by atoms with van der Waals surface area (Å²) in [6.45, 7) is 6.53. The molecular weight excluding hydrogens is 481 g/mol. The lowest BCUT2D eigenvalue weighted by Crippen LogP contribution is -2.35. The Balaban J connectivity index is 1.84. The molecule has 1 N–H and O–H groups in total. The smallest absolute Gasteiger partial charge is 0.325 e. The first-order chi connectivity index (χ1) is 18.4. The number of esters is 1. The highest BCUT2D eigenvalue weighted by molar-refractivity contribution is 5.87. The standard InChI is InChI=1S/C31H40FN3O3/c1-4-24(5-2)35-20-29(34(21-30(36)38-6-3)19-22-13-9-7-10-14-22)31(37)25-17-26(32)27(18-28(25)35)33-23-15-11-8-12-16-23/h7,9-10,13-14,17-18,20,23-24,33H,4-6,8,11-12,15-16,19,21H2,1-3H3. The van der Waals surface area contributed by atoms with Gasteiger partial charge < -0.3 is 19.5 Å². The second-order valence-corrected chi connectivity index (χ2v) is 10.2. The number of hydrogen-bond donors (Lipinski definition) is 1. The second-order valence-electron chi connectivity index (χ2n) is 10.2. The van der Waals surface area contributed by atoms with Crippen molar-refractivity contribution in [2.45, 2.75) is 84.3 Å². The zero-order chi connectivity index (χ0) is 27.1. The monoisotopic (exact) mass is 521 g/mol. The van der Waals surface area contributed by atoms with Crippen molar-refractivity contribution >= 4 is 28.2 Å². The van der Waals surface area contributed by atoms with Crippen LogP contribution in [0.4, 0.5) is 15.8 Å². The van der Waals surface area contributed by atoms with Crippen LogP contribution in [0.1, 0.15) is 77.3 Å². The molecule has 0 spiro atoms. The van der Waals surface area contributed by atoms with Gasteiger partial charge in [0.15, 0.2) is 0 Å². The van der Waals surface area contributed by atoms with Crippen LogP contribution in [0.5, 0.6) is 0 Å². The molecule has 1 aliphatic rings. The molecule has 2 aromatic carbocycles. The fourth-order valence-corrected chi connectivity index (χ4v) is 5.53. The molecule has 0 atom stereocenters. The van der Waals surface area contributed by atoms with Gasteiger partial charge in [0.2, 0.25) is 5.43 Å². The number of ether oxygens (including phenoxy) is 1. The minimum Gasteiger partial charge on any atom is -0.465 e. The molecule has 4 rings (SSSR count). The van der Waals surface area contributed by atoms with Crippen LogP contribution in [0.2, 0.25) is 0 Å². The van der Waals surface area contributed by atoms with Crippen LogP contribution in [-0.4, -0.2) is 29.7 Å². The number of pyridine rings is 1. The number of carbonyl (C=O) groups excluding carboxylic acids is 1. The molecule has 0 aliphatic heterocycles. The van der Waals surface area contributed by atoms with Gasteiger partial charge in [-0.25, -0.2) is 4.39 Å². The first-order valence-corrected chi connectivity index (χ1v) is 14.0. The molecule has 1 aliphatic carbocycles. The quantitative estimate of drug-likeness (QED) is 0.281. The predicted octanol–water partition coefficient (Wildman–Crippen LogP) is 6.82. The zero-order valence-corrected chi connectivity index (χ0v) is 22.8. The molecule has 0 saturated heterocycles. The average molecular weight is 522 g/mol. The number of carbonyl (C=O) groups is 1. The topological polar surface area (TPSA) is 63.6 Å². The molecule has 7 heteroatoms. The third-order valence-electron chi connectivity index (χ3n) is 7.59. The minimum atomic E-state index is -0.423. The molecule has 204 valence electrons. The fourth-order valence-electron chi connectivity index (χ4n) is 5.53. The van der Waals surface area contributed by atoms with Gasteiger partial charge in [-0.1, -0.05) is 63.4 Å². The molecule has 6 nitrogen and oxygen atoms in total. The SMILES string of the molecule is CCOC(=O)CN(Cc1ccccc1)c1cn(C(CC)CC)c2cc(NC3CCCCC3)c(F)cc2c1=O. The third-order valence-corrected chi connectivity index (χ3v) is 7.59. The highest BCUT2D eigenvalue weighted by Gasteiger charge is 2.23. The Kier molecular flexibility index (Phi) is 9.43. The summed E-state index contributed by atoms with van der Waals surface area (Å²) in [7, 11) is 0. The molecule has 0 bridgehead atoms. The molecular formula is C31H40FN3O3. The number of nitrogens with one attached hydrogen (secondary N) is 1. The number of fused-ring (bicyclic) bond motifs is 1. The largest absolute Gasteiger partial charge is 0.465 e. The lowest BCUT2D eigenvalue weighted by atomic mass is 9.95. The number of hydrogen-bond acceptors (Lipinski definition) is 5. The van der Waals surface area contributed by atoms with Crippen molar-refractivity contribution in [3.8, 4) is 0 Å². The summed E-state index contributed by atoms with van der Waals surface area (Å²) in [4.78, 5) is 28.2. The fraction of sp³-hybridized carbons (Fsp3) is 0.484. The molecule has 1 fully saturated rings. The number of benzene rings is 2. The normalized spacial score (nSPS) is 14.1. The van der Waals surface area contributed by atoms with Crippen molar-refractivity contribution in [3.63, 3.8) is 0 Å². The Morgan fingerprint density at radius 3 is 2.47 bits per heavy atom. The van der Waals surface area contributed by atoms with Gasteiger partial charge in [-0.3, -0.25) is 9.59 Å². The van der Waals surface area contributed by atoms with Crippen molar-refractivity contribution in [1.29, 1.82) is 0 Å². The number of nitrogens with zero attached hydrogens (tertiary/aromatic N) is 2. The Hall–Kier alpha value is -3.35. The molecule has 1 heterocycles. The van der Waals surface area contributed by atoms with Crippen molar-refractivity contribution in [1.82, 2.24) is 4.57 Å². The Morgan fingerprint density at radius 2 is 1.82 bits per heavy atom. The number of rotatable bonds is 11. The molecule has 1 saturated carbocycles. The summed E-state index contributed by atoms with van der Waals surface area (Å²) >= 11 is 0. The molecule has 1 aromatic heterocycles. The van der Waals surface area contributed by atoms with E-state index in [0.29, 0.717) is 28.8 Å². The number of anilines is 2. The van der Waals surface area contributed by atoms with Crippen LogP contribution in [-0.2, 0) is 16.1 Å². The van der Waals surface area contributed by atoms with Crippen LogP contribution < -0.4 is 15.6 Å².